The smallest absolute Gasteiger partial charge is 0.270 e. The number of amides is 1. The summed E-state index contributed by atoms with van der Waals surface area (Å²) in [4.78, 5) is 30.3. The number of aromatic amines is 1. The van der Waals surface area contributed by atoms with Gasteiger partial charge in [-0.05, 0) is 44.5 Å². The van der Waals surface area contributed by atoms with Gasteiger partial charge in [0.15, 0.2) is 0 Å². The van der Waals surface area contributed by atoms with Crippen LogP contribution in [0.2, 0.25) is 0 Å². The van der Waals surface area contributed by atoms with Crippen LogP contribution in [0.15, 0.2) is 30.5 Å². The number of likely N-dealkylation sites (tertiary alicyclic amines) is 1. The number of hydrogen-bond donors (Lipinski definition) is 1. The third kappa shape index (κ3) is 3.42. The number of hydrogen-bond acceptors (Lipinski definition) is 4. The molecular weight excluding hydrogens is 362 g/mol. The van der Waals surface area contributed by atoms with Crippen LogP contribution < -0.4 is 0 Å². The average Bonchev–Trinajstić information content (AvgIpc) is 3.19. The first-order chi connectivity index (χ1) is 14.1. The van der Waals surface area contributed by atoms with Crippen molar-refractivity contribution in [2.75, 3.05) is 26.7 Å². The van der Waals surface area contributed by atoms with Crippen molar-refractivity contribution in [3.8, 4) is 0 Å². The number of piperidine rings is 1. The fourth-order valence-corrected chi connectivity index (χ4v) is 4.63. The van der Waals surface area contributed by atoms with E-state index in [4.69, 9.17) is 4.98 Å². The van der Waals surface area contributed by atoms with Crippen LogP contribution in [-0.2, 0) is 13.0 Å². The van der Waals surface area contributed by atoms with Gasteiger partial charge in [-0.1, -0.05) is 12.1 Å². The van der Waals surface area contributed by atoms with Crippen LogP contribution in [0.25, 0.3) is 10.9 Å². The zero-order valence-electron chi connectivity index (χ0n) is 17.1. The van der Waals surface area contributed by atoms with E-state index in [1.807, 2.05) is 29.3 Å². The Morgan fingerprint density at radius 1 is 1.28 bits per heavy atom. The van der Waals surface area contributed by atoms with Gasteiger partial charge in [-0.3, -0.25) is 4.79 Å². The summed E-state index contributed by atoms with van der Waals surface area (Å²) >= 11 is 0. The fraction of sp³-hybridized carbons (Fsp3) is 0.435. The molecule has 0 saturated carbocycles. The fourth-order valence-electron chi connectivity index (χ4n) is 4.63. The SMILES string of the molecule is Cc1cccc2[nH]c(C(=O)N3CCCC(c4ncc5c(n4)CCN(C)C5)C3)cc12. The van der Waals surface area contributed by atoms with E-state index < -0.39 is 0 Å². The number of carbonyl (C=O) groups is 1. The van der Waals surface area contributed by atoms with Gasteiger partial charge in [-0.25, -0.2) is 9.97 Å². The molecule has 2 aliphatic heterocycles. The van der Waals surface area contributed by atoms with Gasteiger partial charge in [-0.15, -0.1) is 0 Å². The number of H-pyrrole nitrogens is 1. The Balaban J connectivity index is 1.36. The molecule has 3 aromatic rings. The summed E-state index contributed by atoms with van der Waals surface area (Å²) in [5, 5.41) is 1.12. The third-order valence-corrected chi connectivity index (χ3v) is 6.33. The molecule has 1 atom stereocenters. The molecule has 150 valence electrons. The van der Waals surface area contributed by atoms with Gasteiger partial charge in [-0.2, -0.15) is 0 Å². The summed E-state index contributed by atoms with van der Waals surface area (Å²) in [5.74, 6) is 1.19. The van der Waals surface area contributed by atoms with Gasteiger partial charge in [0.25, 0.3) is 5.91 Å². The van der Waals surface area contributed by atoms with Crippen molar-refractivity contribution in [2.45, 2.75) is 38.6 Å². The van der Waals surface area contributed by atoms with Crippen molar-refractivity contribution < 1.29 is 4.79 Å². The molecule has 1 fully saturated rings. The van der Waals surface area contributed by atoms with Gasteiger partial charge in [0, 0.05) is 66.9 Å². The number of benzene rings is 1. The van der Waals surface area contributed by atoms with Crippen molar-refractivity contribution in [2.24, 2.45) is 0 Å². The number of aromatic nitrogens is 3. The standard InChI is InChI=1S/C23H27N5O/c1-15-5-3-7-20-18(15)11-21(25-20)23(29)28-9-4-6-16(14-28)22-24-12-17-13-27(2)10-8-19(17)26-22/h3,5,7,11-12,16,25H,4,6,8-10,13-14H2,1-2H3. The predicted octanol–water partition coefficient (Wildman–Crippen LogP) is 3.27. The lowest BCUT2D eigenvalue weighted by atomic mass is 9.96. The van der Waals surface area contributed by atoms with Gasteiger partial charge in [0.05, 0.1) is 0 Å². The van der Waals surface area contributed by atoms with Crippen LogP contribution in [0.5, 0.6) is 0 Å². The normalized spacial score (nSPS) is 20.1. The minimum atomic E-state index is 0.0740. The quantitative estimate of drug-likeness (QED) is 0.731. The van der Waals surface area contributed by atoms with Crippen molar-refractivity contribution in [3.05, 3.63) is 58.8 Å². The third-order valence-electron chi connectivity index (χ3n) is 6.33. The topological polar surface area (TPSA) is 65.1 Å². The van der Waals surface area contributed by atoms with Crippen LogP contribution in [-0.4, -0.2) is 57.3 Å². The first-order valence-electron chi connectivity index (χ1n) is 10.5. The highest BCUT2D eigenvalue weighted by atomic mass is 16.2. The maximum absolute atomic E-state index is 13.2. The minimum absolute atomic E-state index is 0.0740. The molecule has 0 bridgehead atoms. The molecule has 1 N–H and O–H groups in total. The number of likely N-dealkylation sites (N-methyl/N-ethyl adjacent to an activating group) is 1. The molecule has 6 nitrogen and oxygen atoms in total. The molecule has 2 aliphatic rings. The Morgan fingerprint density at radius 3 is 3.03 bits per heavy atom. The zero-order valence-corrected chi connectivity index (χ0v) is 17.1. The van der Waals surface area contributed by atoms with Gasteiger partial charge in [0.1, 0.15) is 11.5 Å². The van der Waals surface area contributed by atoms with Crippen LogP contribution >= 0.6 is 0 Å². The van der Waals surface area contributed by atoms with E-state index in [-0.39, 0.29) is 11.8 Å². The monoisotopic (exact) mass is 389 g/mol. The maximum Gasteiger partial charge on any atom is 0.270 e. The highest BCUT2D eigenvalue weighted by Crippen LogP contribution is 2.28. The van der Waals surface area contributed by atoms with Crippen molar-refractivity contribution in [3.63, 3.8) is 0 Å². The molecular formula is C23H27N5O. The number of nitrogens with one attached hydrogen (secondary N) is 1. The number of fused-ring (bicyclic) bond motifs is 2. The molecule has 29 heavy (non-hydrogen) atoms. The molecule has 1 saturated heterocycles. The first kappa shape index (κ1) is 18.3. The highest BCUT2D eigenvalue weighted by molar-refractivity contribution is 5.98. The summed E-state index contributed by atoms with van der Waals surface area (Å²) in [5.41, 5.74) is 5.29. The van der Waals surface area contributed by atoms with E-state index in [0.29, 0.717) is 12.2 Å². The number of aryl methyl sites for hydroxylation is 1. The van der Waals surface area contributed by atoms with Crippen LogP contribution in [0.4, 0.5) is 0 Å². The number of nitrogens with zero attached hydrogens (tertiary/aromatic N) is 4. The first-order valence-corrected chi connectivity index (χ1v) is 10.5. The highest BCUT2D eigenvalue weighted by Gasteiger charge is 2.29. The summed E-state index contributed by atoms with van der Waals surface area (Å²) in [6, 6.07) is 8.11. The van der Waals surface area contributed by atoms with Crippen molar-refractivity contribution >= 4 is 16.8 Å². The molecule has 5 rings (SSSR count). The molecule has 0 aliphatic carbocycles. The molecule has 0 radical (unpaired) electrons. The van der Waals surface area contributed by atoms with Crippen molar-refractivity contribution in [1.82, 2.24) is 24.8 Å². The number of carbonyl (C=O) groups excluding carboxylic acids is 1. The van der Waals surface area contributed by atoms with E-state index in [0.717, 1.165) is 55.6 Å². The second-order valence-electron chi connectivity index (χ2n) is 8.50. The predicted molar refractivity (Wildman–Crippen MR) is 113 cm³/mol. The van der Waals surface area contributed by atoms with E-state index in [1.54, 1.807) is 0 Å². The Hall–Kier alpha value is -2.73. The van der Waals surface area contributed by atoms with Gasteiger partial charge >= 0.3 is 0 Å². The number of rotatable bonds is 2. The second-order valence-corrected chi connectivity index (χ2v) is 8.50. The largest absolute Gasteiger partial charge is 0.351 e. The van der Waals surface area contributed by atoms with Crippen LogP contribution in [0.1, 0.15) is 51.9 Å². The molecule has 2 aromatic heterocycles. The average molecular weight is 390 g/mol. The Labute approximate surface area is 171 Å². The Morgan fingerprint density at radius 2 is 2.17 bits per heavy atom. The summed E-state index contributed by atoms with van der Waals surface area (Å²) in [7, 11) is 2.13. The molecule has 4 heterocycles. The van der Waals surface area contributed by atoms with E-state index in [1.165, 1.54) is 16.8 Å². The van der Waals surface area contributed by atoms with Crippen molar-refractivity contribution in [1.29, 1.82) is 0 Å². The zero-order chi connectivity index (χ0) is 20.0. The van der Waals surface area contributed by atoms with Crippen LogP contribution in [0, 0.1) is 6.92 Å². The lowest BCUT2D eigenvalue weighted by Crippen LogP contribution is -2.40. The summed E-state index contributed by atoms with van der Waals surface area (Å²) in [6.45, 7) is 5.51. The van der Waals surface area contributed by atoms with E-state index in [2.05, 4.69) is 34.9 Å². The van der Waals surface area contributed by atoms with Crippen LogP contribution in [0.3, 0.4) is 0 Å². The molecule has 0 spiro atoms. The molecule has 1 amide bonds. The minimum Gasteiger partial charge on any atom is -0.351 e. The molecule has 1 aromatic carbocycles. The maximum atomic E-state index is 13.2. The molecule has 1 unspecified atom stereocenters. The van der Waals surface area contributed by atoms with E-state index >= 15 is 0 Å². The molecule has 6 heteroatoms. The summed E-state index contributed by atoms with van der Waals surface area (Å²) in [6.07, 6.45) is 4.99. The van der Waals surface area contributed by atoms with Gasteiger partial charge in [0.2, 0.25) is 0 Å². The lowest BCUT2D eigenvalue weighted by Gasteiger charge is -2.32. The Kier molecular flexibility index (Phi) is 4.59. The van der Waals surface area contributed by atoms with Gasteiger partial charge < -0.3 is 14.8 Å². The Bertz CT molecular complexity index is 1070. The van der Waals surface area contributed by atoms with E-state index in [9.17, 15) is 4.79 Å². The summed E-state index contributed by atoms with van der Waals surface area (Å²) < 4.78 is 0. The second kappa shape index (κ2) is 7.26. The lowest BCUT2D eigenvalue weighted by molar-refractivity contribution is 0.0699.